The Kier molecular flexibility index (Phi) is 2.57. The van der Waals surface area contributed by atoms with Crippen LogP contribution in [0.2, 0.25) is 0 Å². The van der Waals surface area contributed by atoms with Gasteiger partial charge in [-0.05, 0) is 6.92 Å². The summed E-state index contributed by atoms with van der Waals surface area (Å²) >= 11 is 2.77. The molecule has 0 aliphatic rings. The quantitative estimate of drug-likeness (QED) is 0.480. The van der Waals surface area contributed by atoms with Gasteiger partial charge in [-0.1, -0.05) is 15.9 Å². The van der Waals surface area contributed by atoms with Crippen molar-refractivity contribution in [3.05, 3.63) is 0 Å². The Morgan fingerprint density at radius 2 is 1.86 bits per heavy atom. The number of rotatable bonds is 1. The molecule has 0 fully saturated rings. The lowest BCUT2D eigenvalue weighted by Gasteiger charge is -1.91. The third kappa shape index (κ3) is 3.32. The standard InChI is InChI=1S/C2H4BrClO2S/c1-2(3)7(4,5)6/h2H,1H3. The molecule has 2 nitrogen and oxygen atoms in total. The molecule has 0 aliphatic carbocycles. The van der Waals surface area contributed by atoms with Gasteiger partial charge < -0.3 is 0 Å². The molecule has 0 bridgehead atoms. The van der Waals surface area contributed by atoms with Crippen LogP contribution in [0.5, 0.6) is 0 Å². The molecular weight excluding hydrogens is 203 g/mol. The summed E-state index contributed by atoms with van der Waals surface area (Å²) in [6.45, 7) is 1.45. The zero-order valence-corrected chi connectivity index (χ0v) is 6.72. The smallest absolute Gasteiger partial charge is 0.211 e. The molecule has 7 heavy (non-hydrogen) atoms. The largest absolute Gasteiger partial charge is 0.245 e. The fourth-order valence-electron chi connectivity index (χ4n) is 0. The molecule has 0 heterocycles. The van der Waals surface area contributed by atoms with E-state index < -0.39 is 13.2 Å². The molecule has 0 saturated heterocycles. The third-order valence-corrected chi connectivity index (χ3v) is 4.09. The molecule has 1 unspecified atom stereocenters. The molecular formula is C2H4BrClO2S. The highest BCUT2D eigenvalue weighted by molar-refractivity contribution is 9.11. The average Bonchev–Trinajstić information content (AvgIpc) is 1.31. The Bertz CT molecular complexity index is 138. The fourth-order valence-corrected chi connectivity index (χ4v) is 0. The van der Waals surface area contributed by atoms with E-state index in [2.05, 4.69) is 15.9 Å². The van der Waals surface area contributed by atoms with Crippen molar-refractivity contribution in [2.45, 2.75) is 11.1 Å². The van der Waals surface area contributed by atoms with Gasteiger partial charge in [-0.3, -0.25) is 0 Å². The van der Waals surface area contributed by atoms with Crippen molar-refractivity contribution in [3.63, 3.8) is 0 Å². The molecule has 0 radical (unpaired) electrons. The maximum absolute atomic E-state index is 10.0. The molecule has 44 valence electrons. The number of hydrogen-bond acceptors (Lipinski definition) is 2. The number of hydrogen-bond donors (Lipinski definition) is 0. The van der Waals surface area contributed by atoms with E-state index in [0.717, 1.165) is 0 Å². The summed E-state index contributed by atoms with van der Waals surface area (Å²) in [7, 11) is 1.44. The van der Waals surface area contributed by atoms with Crippen molar-refractivity contribution < 1.29 is 8.42 Å². The van der Waals surface area contributed by atoms with E-state index in [1.165, 1.54) is 6.92 Å². The second-order valence-corrected chi connectivity index (χ2v) is 5.95. The van der Waals surface area contributed by atoms with Crippen LogP contribution < -0.4 is 0 Å². The van der Waals surface area contributed by atoms with Crippen LogP contribution in [-0.4, -0.2) is 12.6 Å². The molecule has 5 heteroatoms. The van der Waals surface area contributed by atoms with Crippen molar-refractivity contribution in [2.24, 2.45) is 0 Å². The van der Waals surface area contributed by atoms with Crippen LogP contribution in [0.4, 0.5) is 0 Å². The SMILES string of the molecule is CC(Br)S(=O)(=O)Cl. The lowest BCUT2D eigenvalue weighted by atomic mass is 11.0. The highest BCUT2D eigenvalue weighted by atomic mass is 79.9. The van der Waals surface area contributed by atoms with Crippen LogP contribution >= 0.6 is 26.6 Å². The fraction of sp³-hybridized carbons (Fsp3) is 1.00. The summed E-state index contributed by atoms with van der Waals surface area (Å²) in [6, 6.07) is 0. The maximum atomic E-state index is 10.0. The minimum absolute atomic E-state index is 0.651. The third-order valence-electron chi connectivity index (χ3n) is 0.388. The number of halogens is 2. The van der Waals surface area contributed by atoms with E-state index in [1.807, 2.05) is 0 Å². The van der Waals surface area contributed by atoms with E-state index >= 15 is 0 Å². The Hall–Kier alpha value is 0.720. The van der Waals surface area contributed by atoms with Gasteiger partial charge in [-0.25, -0.2) is 8.42 Å². The molecule has 0 aromatic rings. The average molecular weight is 207 g/mol. The number of alkyl halides is 1. The second kappa shape index (κ2) is 2.33. The van der Waals surface area contributed by atoms with Gasteiger partial charge in [0.25, 0.3) is 0 Å². The second-order valence-electron chi connectivity index (χ2n) is 1.02. The lowest BCUT2D eigenvalue weighted by Crippen LogP contribution is -2.00. The predicted molar refractivity (Wildman–Crippen MR) is 33.2 cm³/mol. The van der Waals surface area contributed by atoms with Gasteiger partial charge in [0.05, 0.1) is 0 Å². The Labute approximate surface area is 55.4 Å². The summed E-state index contributed by atoms with van der Waals surface area (Å²) in [5, 5.41) is 0. The van der Waals surface area contributed by atoms with Crippen molar-refractivity contribution in [2.75, 3.05) is 0 Å². The van der Waals surface area contributed by atoms with Crippen LogP contribution in [0.3, 0.4) is 0 Å². The van der Waals surface area contributed by atoms with Crippen LogP contribution in [0, 0.1) is 0 Å². The molecule has 0 aromatic carbocycles. The van der Waals surface area contributed by atoms with Crippen LogP contribution in [0.1, 0.15) is 6.92 Å². The molecule has 0 amide bonds. The summed E-state index contributed by atoms with van der Waals surface area (Å²) in [5.41, 5.74) is 0. The van der Waals surface area contributed by atoms with Crippen LogP contribution in [-0.2, 0) is 9.05 Å². The van der Waals surface area contributed by atoms with Gasteiger partial charge in [0, 0.05) is 10.7 Å². The summed E-state index contributed by atoms with van der Waals surface area (Å²) in [6.07, 6.45) is 0. The van der Waals surface area contributed by atoms with Crippen molar-refractivity contribution >= 4 is 35.7 Å². The topological polar surface area (TPSA) is 34.1 Å². The lowest BCUT2D eigenvalue weighted by molar-refractivity contribution is 0.609. The molecule has 0 aliphatic heterocycles. The molecule has 0 N–H and O–H groups in total. The predicted octanol–water partition coefficient (Wildman–Crippen LogP) is 1.30. The molecule has 0 rings (SSSR count). The summed E-state index contributed by atoms with van der Waals surface area (Å²) in [5.74, 6) is 0. The minimum Gasteiger partial charge on any atom is -0.211 e. The van der Waals surface area contributed by atoms with E-state index in [1.54, 1.807) is 0 Å². The Morgan fingerprint density at radius 3 is 1.86 bits per heavy atom. The molecule has 0 aromatic heterocycles. The van der Waals surface area contributed by atoms with Crippen molar-refractivity contribution in [1.29, 1.82) is 0 Å². The molecule has 0 saturated carbocycles. The van der Waals surface area contributed by atoms with E-state index in [9.17, 15) is 8.42 Å². The molecule has 0 spiro atoms. The highest BCUT2D eigenvalue weighted by Gasteiger charge is 2.11. The zero-order chi connectivity index (χ0) is 6.08. The van der Waals surface area contributed by atoms with Gasteiger partial charge in [0.15, 0.2) is 0 Å². The Balaban J connectivity index is 4.10. The summed E-state index contributed by atoms with van der Waals surface area (Å²) in [4.78, 5) is 0. The van der Waals surface area contributed by atoms with Gasteiger partial charge in [-0.15, -0.1) is 0 Å². The first-order chi connectivity index (χ1) is 2.94. The van der Waals surface area contributed by atoms with Gasteiger partial charge in [0.2, 0.25) is 9.05 Å². The molecule has 1 atom stereocenters. The summed E-state index contributed by atoms with van der Waals surface area (Å²) < 4.78 is 19.4. The van der Waals surface area contributed by atoms with Crippen LogP contribution in [0.15, 0.2) is 0 Å². The van der Waals surface area contributed by atoms with Gasteiger partial charge >= 0.3 is 0 Å². The van der Waals surface area contributed by atoms with Crippen molar-refractivity contribution in [3.8, 4) is 0 Å². The van der Waals surface area contributed by atoms with Gasteiger partial charge in [-0.2, -0.15) is 0 Å². The first-order valence-corrected chi connectivity index (χ1v) is 4.81. The minimum atomic E-state index is -3.35. The Morgan fingerprint density at radius 1 is 1.71 bits per heavy atom. The first kappa shape index (κ1) is 7.72. The van der Waals surface area contributed by atoms with Crippen LogP contribution in [0.25, 0.3) is 0 Å². The van der Waals surface area contributed by atoms with E-state index in [0.29, 0.717) is 0 Å². The zero-order valence-electron chi connectivity index (χ0n) is 3.56. The monoisotopic (exact) mass is 206 g/mol. The van der Waals surface area contributed by atoms with Crippen molar-refractivity contribution in [1.82, 2.24) is 0 Å². The van der Waals surface area contributed by atoms with E-state index in [4.69, 9.17) is 10.7 Å². The highest BCUT2D eigenvalue weighted by Crippen LogP contribution is 2.11. The first-order valence-electron chi connectivity index (χ1n) is 1.52. The maximum Gasteiger partial charge on any atom is 0.245 e. The van der Waals surface area contributed by atoms with E-state index in [-0.39, 0.29) is 0 Å². The normalized spacial score (nSPS) is 16.4. The van der Waals surface area contributed by atoms with Gasteiger partial charge in [0.1, 0.15) is 4.16 Å².